The van der Waals surface area contributed by atoms with Crippen LogP contribution in [-0.2, 0) is 132 Å². The van der Waals surface area contributed by atoms with E-state index in [4.69, 9.17) is 60.9 Å². The molecule has 25 heteroatoms. The Morgan fingerprint density at radius 3 is 1.51 bits per heavy atom. The normalized spacial score (nSPS) is 15.6. The Balaban J connectivity index is -0.000000165. The Morgan fingerprint density at radius 2 is 1.17 bits per heavy atom. The first kappa shape index (κ1) is 108. The van der Waals surface area contributed by atoms with Crippen LogP contribution in [0.1, 0.15) is 135 Å². The average molecular weight is 1540 g/mol. The monoisotopic (exact) mass is 1540 g/mol. The summed E-state index contributed by atoms with van der Waals surface area (Å²) in [4.78, 5) is 59.4. The van der Waals surface area contributed by atoms with E-state index >= 15 is 0 Å². The van der Waals surface area contributed by atoms with E-state index in [1.165, 1.54) is 62.1 Å². The maximum absolute atomic E-state index is 12.0. The summed E-state index contributed by atoms with van der Waals surface area (Å²) in [5.74, 6) is 3.31. The van der Waals surface area contributed by atoms with Crippen molar-refractivity contribution >= 4 is 60.0 Å². The van der Waals surface area contributed by atoms with Crippen molar-refractivity contribution in [3.63, 3.8) is 0 Å². The minimum absolute atomic E-state index is 0. The number of nitrogens with one attached hydrogen (secondary N) is 2. The molecule has 2 amide bonds. The molecule has 1 saturated heterocycles. The summed E-state index contributed by atoms with van der Waals surface area (Å²) in [6.45, 7) is 30.1. The predicted octanol–water partition coefficient (Wildman–Crippen LogP) is 12.4. The molecule has 1 aliphatic heterocycles. The fourth-order valence-corrected chi connectivity index (χ4v) is 14.5. The number of aliphatic hydroxyl groups is 2. The number of aryl methyl sites for hydroxylation is 2. The molecule has 6 rings (SSSR count). The Labute approximate surface area is 630 Å². The molecule has 2 aliphatic rings. The van der Waals surface area contributed by atoms with Gasteiger partial charge in [-0.3, -0.25) is 14.4 Å². The number of aliphatic carboxylic acids is 1. The zero-order valence-corrected chi connectivity index (χ0v) is 67.8. The van der Waals surface area contributed by atoms with Gasteiger partial charge in [0.2, 0.25) is 11.8 Å². The van der Waals surface area contributed by atoms with Crippen molar-refractivity contribution in [1.29, 1.82) is 0 Å². The van der Waals surface area contributed by atoms with Gasteiger partial charge in [0.05, 0.1) is 52.3 Å². The zero-order valence-electron chi connectivity index (χ0n) is 60.2. The van der Waals surface area contributed by atoms with E-state index in [2.05, 4.69) is 105 Å². The van der Waals surface area contributed by atoms with E-state index in [1.807, 2.05) is 27.2 Å². The summed E-state index contributed by atoms with van der Waals surface area (Å²) in [6, 6.07) is 32.0. The SMILES string of the molecule is C.C.C=O.CC.CC(=O)O.CCC1C(C)CC(C)C1C.CNC(C)=O.CNC(C)=O.CO.COC(=O)C=Cc1ccc(OC(=O)c2ccc(OC)cc2)cc1.CO[Si](C)(CCOCC(C)O)O[Si](CCOCC1CO1)(OC)OC.Cc1cccc(Cc2cccc(C)c2)c1.[Y].[Y]. The van der Waals surface area contributed by atoms with Crippen molar-refractivity contribution < 1.29 is 155 Å². The molecule has 544 valence electrons. The van der Waals surface area contributed by atoms with Crippen LogP contribution in [0.2, 0.25) is 18.6 Å². The van der Waals surface area contributed by atoms with Gasteiger partial charge in [-0.05, 0) is 123 Å². The van der Waals surface area contributed by atoms with Gasteiger partial charge in [0.15, 0.2) is 0 Å². The van der Waals surface area contributed by atoms with Crippen LogP contribution in [-0.4, -0.2) is 171 Å². The van der Waals surface area contributed by atoms with Gasteiger partial charge in [-0.1, -0.05) is 135 Å². The summed E-state index contributed by atoms with van der Waals surface area (Å²) in [5.41, 5.74) is 6.67. The molecule has 4 aromatic rings. The molecular formula is C71H122N2O19Si2Y2. The summed E-state index contributed by atoms with van der Waals surface area (Å²) in [6.07, 6.45) is 6.55. The maximum atomic E-state index is 12.0. The Morgan fingerprint density at radius 1 is 0.719 bits per heavy atom. The zero-order chi connectivity index (χ0) is 71.3. The Bertz CT molecular complexity index is 2520. The van der Waals surface area contributed by atoms with E-state index in [9.17, 15) is 24.3 Å². The van der Waals surface area contributed by atoms with E-state index in [1.54, 1.807) is 104 Å². The second-order valence-electron chi connectivity index (χ2n) is 20.9. The van der Waals surface area contributed by atoms with Crippen molar-refractivity contribution in [2.75, 3.05) is 89.8 Å². The number of hydrogen-bond acceptors (Lipinski definition) is 18. The average Bonchev–Trinajstić information content (AvgIpc) is 1.44. The quantitative estimate of drug-likeness (QED) is 0.0115. The van der Waals surface area contributed by atoms with Crippen LogP contribution in [0.3, 0.4) is 0 Å². The summed E-state index contributed by atoms with van der Waals surface area (Å²) >= 11 is 0. The largest absolute Gasteiger partial charge is 0.497 e. The first-order chi connectivity index (χ1) is 43.7. The number of carbonyl (C=O) groups excluding carboxylic acids is 5. The smallest absolute Gasteiger partial charge is 0.493 e. The number of epoxide rings is 1. The molecule has 0 bridgehead atoms. The van der Waals surface area contributed by atoms with Gasteiger partial charge in [-0.2, -0.15) is 0 Å². The van der Waals surface area contributed by atoms with E-state index in [0.717, 1.165) is 56.3 Å². The third kappa shape index (κ3) is 55.6. The predicted molar refractivity (Wildman–Crippen MR) is 382 cm³/mol. The number of methoxy groups -OCH3 is 2. The van der Waals surface area contributed by atoms with Crippen LogP contribution in [0.4, 0.5) is 0 Å². The van der Waals surface area contributed by atoms with Crippen LogP contribution in [0, 0.1) is 37.5 Å². The van der Waals surface area contributed by atoms with Gasteiger partial charge in [0.25, 0.3) is 5.97 Å². The van der Waals surface area contributed by atoms with Crippen LogP contribution in [0.15, 0.2) is 103 Å². The molecular weight excluding hydrogens is 1420 g/mol. The van der Waals surface area contributed by atoms with Gasteiger partial charge in [-0.15, -0.1) is 0 Å². The fraction of sp³-hybridized carbons (Fsp3) is 0.549. The standard InChI is InChI=1S/C18H16O5.C15H16.C14H32O8Si2.C10H20.2C3H7NO.C2H4O2.C2H6.CH4O.CH2O.2CH4.2Y/c1-21-15-10-6-14(7-11-15)18(20)23-16-8-3-13(4-9-16)5-12-17(19)22-2;1-12-5-3-7-14(9-12)11-15-8-4-6-13(2)10-15;1-13(15)10-19-6-8-23(5,16-2)22-24(17-3,18-4)9-7-20-11-14-12-21-14;1-5-10-8(3)6-7(2)9(10)4;2*1-3(5)4-2;1-2(3)4;3*1-2;;;;/h3-12H,1-2H3;3-10H,11H2,1-2H3;13-15H,6-12H2,1-5H3;7-10H,5-6H2,1-4H3;2*1-2H3,(H,4,5);1H3,(H,3,4);1-2H3;2H,1H3;1H2;2*1H4;;. The number of esters is 2. The maximum Gasteiger partial charge on any atom is 0.493 e. The van der Waals surface area contributed by atoms with Crippen molar-refractivity contribution in [1.82, 2.24) is 10.6 Å². The molecule has 1 aliphatic carbocycles. The van der Waals surface area contributed by atoms with E-state index < -0.39 is 41.4 Å². The molecule has 0 aromatic heterocycles. The molecule has 2 fully saturated rings. The van der Waals surface area contributed by atoms with E-state index in [-0.39, 0.29) is 98.2 Å². The number of carbonyl (C=O) groups is 6. The van der Waals surface area contributed by atoms with Gasteiger partial charge in [0.1, 0.15) is 24.4 Å². The number of amides is 2. The van der Waals surface area contributed by atoms with Gasteiger partial charge in [-0.25, -0.2) is 9.59 Å². The van der Waals surface area contributed by atoms with Gasteiger partial charge in [0, 0.05) is 153 Å². The third-order valence-corrected chi connectivity index (χ3v) is 20.6. The fourth-order valence-electron chi connectivity index (χ4n) is 8.38. The van der Waals surface area contributed by atoms with Crippen LogP contribution < -0.4 is 20.1 Å². The minimum Gasteiger partial charge on any atom is -0.497 e. The molecule has 1 heterocycles. The van der Waals surface area contributed by atoms with Crippen molar-refractivity contribution in [3.05, 3.63) is 137 Å². The first-order valence-corrected chi connectivity index (χ1v) is 35.1. The number of carboxylic acid groups (broad SMARTS) is 1. The number of rotatable bonds is 23. The molecule has 5 N–H and O–H groups in total. The molecule has 2 radical (unpaired) electrons. The number of carboxylic acids is 1. The van der Waals surface area contributed by atoms with Crippen molar-refractivity contribution in [2.24, 2.45) is 23.7 Å². The third-order valence-electron chi connectivity index (χ3n) is 13.6. The second kappa shape index (κ2) is 66.6. The number of benzene rings is 4. The van der Waals surface area contributed by atoms with Crippen LogP contribution in [0.5, 0.6) is 11.5 Å². The summed E-state index contributed by atoms with van der Waals surface area (Å²) in [7, 11) is 6.50. The van der Waals surface area contributed by atoms with Gasteiger partial charge >= 0.3 is 29.3 Å². The van der Waals surface area contributed by atoms with E-state index in [0.29, 0.717) is 55.6 Å². The minimum atomic E-state index is -2.87. The topological polar surface area (TPSA) is 283 Å². The number of ether oxygens (including phenoxy) is 6. The second-order valence-corrected chi connectivity index (χ2v) is 27.6. The number of hydrogen-bond donors (Lipinski definition) is 5. The van der Waals surface area contributed by atoms with Crippen molar-refractivity contribution in [3.8, 4) is 11.5 Å². The molecule has 21 nitrogen and oxygen atoms in total. The van der Waals surface area contributed by atoms with Crippen molar-refractivity contribution in [2.45, 2.75) is 148 Å². The first-order valence-electron chi connectivity index (χ1n) is 30.6. The Kier molecular flexibility index (Phi) is 74.7. The summed E-state index contributed by atoms with van der Waals surface area (Å²) in [5, 5.41) is 28.4. The summed E-state index contributed by atoms with van der Waals surface area (Å²) < 4.78 is 54.1. The Hall–Kier alpha value is -4.28. The van der Waals surface area contributed by atoms with Crippen LogP contribution >= 0.6 is 0 Å². The van der Waals surface area contributed by atoms with Crippen LogP contribution in [0.25, 0.3) is 6.08 Å². The molecule has 4 aromatic carbocycles. The number of aliphatic hydroxyl groups excluding tert-OH is 2. The molecule has 96 heavy (non-hydrogen) atoms. The molecule has 7 unspecified atom stereocenters. The molecule has 0 spiro atoms. The van der Waals surface area contributed by atoms with Gasteiger partial charge < -0.3 is 76.6 Å². The molecule has 7 atom stereocenters. The molecule has 1 saturated carbocycles.